The summed E-state index contributed by atoms with van der Waals surface area (Å²) in [6.07, 6.45) is 0. The molecular formula is C21H26ClN3O2. The number of nitrogens with one attached hydrogen (secondary N) is 2. The number of hydrogen-bond acceptors (Lipinski definition) is 3. The molecule has 0 aliphatic heterocycles. The highest BCUT2D eigenvalue weighted by Crippen LogP contribution is 2.29. The van der Waals surface area contributed by atoms with Gasteiger partial charge >= 0.3 is 0 Å². The smallest absolute Gasteiger partial charge is 0.244 e. The van der Waals surface area contributed by atoms with Crippen molar-refractivity contribution in [2.24, 2.45) is 0 Å². The van der Waals surface area contributed by atoms with E-state index < -0.39 is 0 Å². The van der Waals surface area contributed by atoms with Crippen molar-refractivity contribution in [2.75, 3.05) is 30.8 Å². The molecule has 0 bridgehead atoms. The Morgan fingerprint density at radius 3 is 2.22 bits per heavy atom. The van der Waals surface area contributed by atoms with Crippen molar-refractivity contribution in [1.29, 1.82) is 0 Å². The Morgan fingerprint density at radius 1 is 1.00 bits per heavy atom. The molecule has 2 N–H and O–H groups in total. The van der Waals surface area contributed by atoms with Crippen LogP contribution in [-0.2, 0) is 15.0 Å². The second kappa shape index (κ2) is 8.91. The molecule has 0 heterocycles. The number of likely N-dealkylation sites (N-methyl/N-ethyl adjacent to an activating group) is 1. The molecule has 0 spiro atoms. The topological polar surface area (TPSA) is 61.4 Å². The third-order valence-corrected chi connectivity index (χ3v) is 4.45. The zero-order valence-corrected chi connectivity index (χ0v) is 16.9. The molecule has 0 saturated heterocycles. The average molecular weight is 388 g/mol. The van der Waals surface area contributed by atoms with E-state index in [0.29, 0.717) is 10.7 Å². The number of para-hydroxylation sites is 2. The number of hydrogen-bond donors (Lipinski definition) is 2. The summed E-state index contributed by atoms with van der Waals surface area (Å²) in [6.45, 7) is 6.44. The first kappa shape index (κ1) is 20.8. The molecule has 0 unspecified atom stereocenters. The second-order valence-electron chi connectivity index (χ2n) is 7.43. The van der Waals surface area contributed by atoms with Gasteiger partial charge in [0.05, 0.1) is 23.8 Å². The minimum absolute atomic E-state index is 0.0343. The Bertz CT molecular complexity index is 815. The molecule has 0 aromatic heterocycles. The molecule has 6 heteroatoms. The third kappa shape index (κ3) is 6.00. The van der Waals surface area contributed by atoms with Gasteiger partial charge in [-0.2, -0.15) is 0 Å². The van der Waals surface area contributed by atoms with Crippen LogP contribution in [0.5, 0.6) is 0 Å². The van der Waals surface area contributed by atoms with Crippen molar-refractivity contribution in [1.82, 2.24) is 4.90 Å². The van der Waals surface area contributed by atoms with Crippen LogP contribution in [0.3, 0.4) is 0 Å². The maximum Gasteiger partial charge on any atom is 0.244 e. The van der Waals surface area contributed by atoms with Crippen LogP contribution in [0.2, 0.25) is 5.02 Å². The van der Waals surface area contributed by atoms with Crippen LogP contribution in [0.15, 0.2) is 48.5 Å². The number of nitrogens with zero attached hydrogens (tertiary/aromatic N) is 1. The zero-order chi connectivity index (χ0) is 20.0. The minimum Gasteiger partial charge on any atom is -0.376 e. The maximum absolute atomic E-state index is 12.4. The van der Waals surface area contributed by atoms with Crippen molar-refractivity contribution >= 4 is 34.8 Å². The summed E-state index contributed by atoms with van der Waals surface area (Å²) in [5, 5.41) is 6.36. The van der Waals surface area contributed by atoms with E-state index in [0.717, 1.165) is 11.3 Å². The maximum atomic E-state index is 12.4. The summed E-state index contributed by atoms with van der Waals surface area (Å²) in [5.74, 6) is -0.470. The molecule has 2 amide bonds. The first-order valence-electron chi connectivity index (χ1n) is 8.80. The molecule has 2 aromatic carbocycles. The van der Waals surface area contributed by atoms with Crippen molar-refractivity contribution in [2.45, 2.75) is 26.2 Å². The highest BCUT2D eigenvalue weighted by atomic mass is 35.5. The number of rotatable bonds is 6. The fourth-order valence-corrected chi connectivity index (χ4v) is 2.84. The van der Waals surface area contributed by atoms with E-state index in [1.807, 2.05) is 24.3 Å². The largest absolute Gasteiger partial charge is 0.376 e. The first-order chi connectivity index (χ1) is 12.7. The van der Waals surface area contributed by atoms with Crippen LogP contribution in [0.1, 0.15) is 26.3 Å². The van der Waals surface area contributed by atoms with Gasteiger partial charge in [0.25, 0.3) is 0 Å². The predicted octanol–water partition coefficient (Wildman–Crippen LogP) is 4.15. The quantitative estimate of drug-likeness (QED) is 0.782. The average Bonchev–Trinajstić information content (AvgIpc) is 2.61. The summed E-state index contributed by atoms with van der Waals surface area (Å²) in [4.78, 5) is 25.9. The summed E-state index contributed by atoms with van der Waals surface area (Å²) in [6, 6.07) is 14.9. The lowest BCUT2D eigenvalue weighted by Gasteiger charge is -2.24. The molecule has 2 aromatic rings. The van der Waals surface area contributed by atoms with E-state index in [-0.39, 0.29) is 30.3 Å². The van der Waals surface area contributed by atoms with E-state index in [2.05, 4.69) is 31.4 Å². The molecule has 0 aliphatic carbocycles. The number of carbonyl (C=O) groups excluding carboxylic acids is 2. The zero-order valence-electron chi connectivity index (χ0n) is 16.2. The van der Waals surface area contributed by atoms with E-state index in [1.54, 1.807) is 31.3 Å². The molecule has 0 atom stereocenters. The summed E-state index contributed by atoms with van der Waals surface area (Å²) in [7, 11) is 1.60. The predicted molar refractivity (Wildman–Crippen MR) is 111 cm³/mol. The third-order valence-electron chi connectivity index (χ3n) is 4.12. The van der Waals surface area contributed by atoms with Gasteiger partial charge < -0.3 is 15.5 Å². The molecule has 0 fully saturated rings. The van der Waals surface area contributed by atoms with Crippen molar-refractivity contribution < 1.29 is 9.59 Å². The lowest BCUT2D eigenvalue weighted by atomic mass is 9.86. The second-order valence-corrected chi connectivity index (χ2v) is 7.83. The Hall–Kier alpha value is -2.53. The normalized spacial score (nSPS) is 11.0. The van der Waals surface area contributed by atoms with Crippen LogP contribution in [0, 0.1) is 0 Å². The van der Waals surface area contributed by atoms with Gasteiger partial charge in [-0.3, -0.25) is 9.59 Å². The molecule has 0 aliphatic rings. The van der Waals surface area contributed by atoms with Gasteiger partial charge in [-0.15, -0.1) is 0 Å². The Kier molecular flexibility index (Phi) is 6.86. The number of carbonyl (C=O) groups is 2. The SMILES string of the molecule is CN(CC(=O)Nc1ccccc1Cl)C(=O)CNc1ccccc1C(C)(C)C. The summed E-state index contributed by atoms with van der Waals surface area (Å²) in [5.41, 5.74) is 2.55. The monoisotopic (exact) mass is 387 g/mol. The number of amides is 2. The molecule has 144 valence electrons. The first-order valence-corrected chi connectivity index (χ1v) is 9.18. The van der Waals surface area contributed by atoms with Crippen LogP contribution in [0.25, 0.3) is 0 Å². The Balaban J connectivity index is 1.91. The highest BCUT2D eigenvalue weighted by Gasteiger charge is 2.19. The van der Waals surface area contributed by atoms with Crippen LogP contribution in [0.4, 0.5) is 11.4 Å². The van der Waals surface area contributed by atoms with Crippen molar-refractivity contribution in [3.05, 3.63) is 59.1 Å². The molecule has 2 rings (SSSR count). The van der Waals surface area contributed by atoms with Crippen LogP contribution < -0.4 is 10.6 Å². The Labute approximate surface area is 165 Å². The van der Waals surface area contributed by atoms with Crippen molar-refractivity contribution in [3.63, 3.8) is 0 Å². The van der Waals surface area contributed by atoms with Crippen LogP contribution >= 0.6 is 11.6 Å². The van der Waals surface area contributed by atoms with Gasteiger partial charge in [0.1, 0.15) is 0 Å². The fourth-order valence-electron chi connectivity index (χ4n) is 2.65. The van der Waals surface area contributed by atoms with E-state index in [9.17, 15) is 9.59 Å². The molecule has 0 radical (unpaired) electrons. The summed E-state index contributed by atoms with van der Waals surface area (Å²) >= 11 is 6.03. The molecule has 27 heavy (non-hydrogen) atoms. The minimum atomic E-state index is -0.297. The van der Waals surface area contributed by atoms with E-state index >= 15 is 0 Å². The van der Waals surface area contributed by atoms with Gasteiger partial charge in [0.2, 0.25) is 11.8 Å². The highest BCUT2D eigenvalue weighted by molar-refractivity contribution is 6.33. The van der Waals surface area contributed by atoms with E-state index in [1.165, 1.54) is 4.90 Å². The van der Waals surface area contributed by atoms with Gasteiger partial charge in [0.15, 0.2) is 0 Å². The fraction of sp³-hybridized carbons (Fsp3) is 0.333. The number of benzene rings is 2. The van der Waals surface area contributed by atoms with Gasteiger partial charge in [-0.1, -0.05) is 62.7 Å². The van der Waals surface area contributed by atoms with Gasteiger partial charge in [-0.05, 0) is 29.2 Å². The standard InChI is InChI=1S/C21H26ClN3O2/c1-21(2,3)15-9-5-7-11-17(15)23-13-20(27)25(4)14-19(26)24-18-12-8-6-10-16(18)22/h5-12,23H,13-14H2,1-4H3,(H,24,26). The molecular weight excluding hydrogens is 362 g/mol. The summed E-state index contributed by atoms with van der Waals surface area (Å²) < 4.78 is 0. The Morgan fingerprint density at radius 2 is 1.59 bits per heavy atom. The van der Waals surface area contributed by atoms with Crippen molar-refractivity contribution in [3.8, 4) is 0 Å². The van der Waals surface area contributed by atoms with Gasteiger partial charge in [-0.25, -0.2) is 0 Å². The number of anilines is 2. The molecule has 0 saturated carbocycles. The van der Waals surface area contributed by atoms with E-state index in [4.69, 9.17) is 11.6 Å². The van der Waals surface area contributed by atoms with Crippen LogP contribution in [-0.4, -0.2) is 36.9 Å². The lowest BCUT2D eigenvalue weighted by Crippen LogP contribution is -2.38. The number of halogens is 1. The molecule has 5 nitrogen and oxygen atoms in total. The lowest BCUT2D eigenvalue weighted by molar-refractivity contribution is -0.131. The van der Waals surface area contributed by atoms with Gasteiger partial charge in [0, 0.05) is 12.7 Å².